The van der Waals surface area contributed by atoms with E-state index >= 15 is 0 Å². The van der Waals surface area contributed by atoms with Crippen molar-refractivity contribution in [3.05, 3.63) is 65.3 Å². The second-order valence-electron chi connectivity index (χ2n) is 8.93. The van der Waals surface area contributed by atoms with E-state index in [1.807, 2.05) is 31.2 Å². The fraction of sp³-hybridized carbons (Fsp3) is 0.444. The van der Waals surface area contributed by atoms with E-state index in [0.717, 1.165) is 72.9 Å². The molecular weight excluding hydrogens is 434 g/mol. The van der Waals surface area contributed by atoms with E-state index in [2.05, 4.69) is 44.8 Å². The van der Waals surface area contributed by atoms with Crippen LogP contribution in [0.4, 0.5) is 5.69 Å². The fourth-order valence-electron chi connectivity index (χ4n) is 4.98. The van der Waals surface area contributed by atoms with Crippen LogP contribution in [0.25, 0.3) is 10.9 Å². The number of para-hydroxylation sites is 2. The Balaban J connectivity index is 1.25. The molecule has 1 aliphatic heterocycles. The molecule has 0 bridgehead atoms. The Morgan fingerprint density at radius 2 is 1.67 bits per heavy atom. The number of unbranched alkanes of at least 4 members (excludes halogenated alkanes) is 2. The third-order valence-electron chi connectivity index (χ3n) is 6.84. The number of piperazine rings is 1. The zero-order chi connectivity index (χ0) is 23.2. The number of benzene rings is 2. The van der Waals surface area contributed by atoms with Gasteiger partial charge in [-0.1, -0.05) is 55.3 Å². The highest BCUT2D eigenvalue weighted by atomic mass is 35.5. The van der Waals surface area contributed by atoms with Gasteiger partial charge in [-0.3, -0.25) is 9.69 Å². The van der Waals surface area contributed by atoms with E-state index in [4.69, 9.17) is 11.6 Å². The molecule has 4 rings (SSSR count). The molecule has 1 atom stereocenters. The van der Waals surface area contributed by atoms with Crippen LogP contribution in [0.15, 0.2) is 54.7 Å². The minimum Gasteiger partial charge on any atom is -0.481 e. The average Bonchev–Trinajstić information content (AvgIpc) is 3.18. The molecular formula is C27H34ClN3O2. The van der Waals surface area contributed by atoms with E-state index in [9.17, 15) is 9.90 Å². The van der Waals surface area contributed by atoms with E-state index in [1.54, 1.807) is 0 Å². The molecule has 1 N–H and O–H groups in total. The van der Waals surface area contributed by atoms with Gasteiger partial charge in [-0.15, -0.1) is 0 Å². The van der Waals surface area contributed by atoms with Crippen molar-refractivity contribution in [1.82, 2.24) is 9.47 Å². The van der Waals surface area contributed by atoms with Gasteiger partial charge in [0, 0.05) is 49.8 Å². The summed E-state index contributed by atoms with van der Waals surface area (Å²) in [7, 11) is 0. The van der Waals surface area contributed by atoms with E-state index < -0.39 is 11.9 Å². The molecule has 0 aliphatic carbocycles. The van der Waals surface area contributed by atoms with Gasteiger partial charge in [0.1, 0.15) is 0 Å². The summed E-state index contributed by atoms with van der Waals surface area (Å²) in [5, 5.41) is 11.5. The zero-order valence-electron chi connectivity index (χ0n) is 19.4. The van der Waals surface area contributed by atoms with Crippen molar-refractivity contribution >= 4 is 34.2 Å². The highest BCUT2D eigenvalue weighted by Gasteiger charge is 2.22. The van der Waals surface area contributed by atoms with Crippen molar-refractivity contribution in [3.63, 3.8) is 0 Å². The highest BCUT2D eigenvalue weighted by molar-refractivity contribution is 6.33. The Morgan fingerprint density at radius 3 is 2.39 bits per heavy atom. The number of rotatable bonds is 10. The lowest BCUT2D eigenvalue weighted by atomic mass is 9.96. The number of aromatic nitrogens is 1. The molecule has 33 heavy (non-hydrogen) atoms. The average molecular weight is 468 g/mol. The summed E-state index contributed by atoms with van der Waals surface area (Å²) in [4.78, 5) is 16.7. The molecule has 1 fully saturated rings. The van der Waals surface area contributed by atoms with Crippen molar-refractivity contribution in [2.24, 2.45) is 0 Å². The molecule has 0 spiro atoms. The molecule has 5 nitrogen and oxygen atoms in total. The molecule has 0 saturated carbocycles. The number of hydrogen-bond donors (Lipinski definition) is 1. The summed E-state index contributed by atoms with van der Waals surface area (Å²) in [5.74, 6) is -1.18. The molecule has 3 aromatic rings. The smallest absolute Gasteiger partial charge is 0.311 e. The van der Waals surface area contributed by atoms with E-state index in [-0.39, 0.29) is 0 Å². The largest absolute Gasteiger partial charge is 0.481 e. The SMILES string of the molecule is CCC(C(=O)O)c1cn(CCCCCN2CCN(c3ccccc3Cl)CC2)c2ccccc12. The molecule has 0 radical (unpaired) electrons. The summed E-state index contributed by atoms with van der Waals surface area (Å²) >= 11 is 6.36. The monoisotopic (exact) mass is 467 g/mol. The van der Waals surface area contributed by atoms with Crippen molar-refractivity contribution in [3.8, 4) is 0 Å². The number of anilines is 1. The van der Waals surface area contributed by atoms with Crippen LogP contribution in [0, 0.1) is 0 Å². The lowest BCUT2D eigenvalue weighted by Crippen LogP contribution is -2.46. The quantitative estimate of drug-likeness (QED) is 0.379. The third-order valence-corrected chi connectivity index (χ3v) is 7.16. The van der Waals surface area contributed by atoms with Crippen LogP contribution in [-0.2, 0) is 11.3 Å². The van der Waals surface area contributed by atoms with Gasteiger partial charge in [0.25, 0.3) is 0 Å². The van der Waals surface area contributed by atoms with Gasteiger partial charge < -0.3 is 14.6 Å². The first-order chi connectivity index (χ1) is 16.1. The predicted octanol–water partition coefficient (Wildman–Crippen LogP) is 5.87. The number of aliphatic carboxylic acids is 1. The molecule has 1 aromatic heterocycles. The van der Waals surface area contributed by atoms with Crippen LogP contribution in [0.3, 0.4) is 0 Å². The van der Waals surface area contributed by atoms with Crippen molar-refractivity contribution in [2.75, 3.05) is 37.6 Å². The molecule has 176 valence electrons. The first-order valence-corrected chi connectivity index (χ1v) is 12.5. The third kappa shape index (κ3) is 5.53. The maximum absolute atomic E-state index is 11.7. The van der Waals surface area contributed by atoms with Crippen LogP contribution >= 0.6 is 11.6 Å². The molecule has 1 unspecified atom stereocenters. The van der Waals surface area contributed by atoms with Crippen LogP contribution in [0.5, 0.6) is 0 Å². The van der Waals surface area contributed by atoms with Crippen molar-refractivity contribution < 1.29 is 9.90 Å². The molecule has 1 saturated heterocycles. The number of carboxylic acid groups (broad SMARTS) is 1. The van der Waals surface area contributed by atoms with Gasteiger partial charge in [0.15, 0.2) is 0 Å². The minimum atomic E-state index is -0.741. The Bertz CT molecular complexity index is 1070. The Labute approximate surface area is 201 Å². The second kappa shape index (κ2) is 11.1. The number of nitrogens with zero attached hydrogens (tertiary/aromatic N) is 3. The first-order valence-electron chi connectivity index (χ1n) is 12.1. The second-order valence-corrected chi connectivity index (χ2v) is 9.34. The van der Waals surface area contributed by atoms with Crippen molar-refractivity contribution in [1.29, 1.82) is 0 Å². The van der Waals surface area contributed by atoms with Crippen LogP contribution in [0.1, 0.15) is 44.1 Å². The van der Waals surface area contributed by atoms with Crippen LogP contribution in [-0.4, -0.2) is 53.3 Å². The van der Waals surface area contributed by atoms with Gasteiger partial charge in [0.05, 0.1) is 16.6 Å². The Morgan fingerprint density at radius 1 is 0.970 bits per heavy atom. The van der Waals surface area contributed by atoms with Crippen LogP contribution in [0.2, 0.25) is 5.02 Å². The molecule has 6 heteroatoms. The number of aryl methyl sites for hydroxylation is 1. The lowest BCUT2D eigenvalue weighted by molar-refractivity contribution is -0.138. The molecule has 0 amide bonds. The van der Waals surface area contributed by atoms with Gasteiger partial charge in [-0.2, -0.15) is 0 Å². The Kier molecular flexibility index (Phi) is 7.94. The number of fused-ring (bicyclic) bond motifs is 1. The van der Waals surface area contributed by atoms with Gasteiger partial charge >= 0.3 is 5.97 Å². The number of halogens is 1. The van der Waals surface area contributed by atoms with Gasteiger partial charge in [-0.25, -0.2) is 0 Å². The van der Waals surface area contributed by atoms with E-state index in [0.29, 0.717) is 6.42 Å². The van der Waals surface area contributed by atoms with E-state index in [1.165, 1.54) is 12.8 Å². The van der Waals surface area contributed by atoms with Gasteiger partial charge in [0.2, 0.25) is 0 Å². The summed E-state index contributed by atoms with van der Waals surface area (Å²) in [6, 6.07) is 16.3. The Hall–Kier alpha value is -2.50. The number of hydrogen-bond acceptors (Lipinski definition) is 3. The summed E-state index contributed by atoms with van der Waals surface area (Å²) in [6.45, 7) is 8.18. The number of carbonyl (C=O) groups is 1. The standard InChI is InChI=1S/C27H34ClN3O2/c1-2-21(27(32)33)23-20-31(25-12-6-4-10-22(23)25)15-9-3-8-14-29-16-18-30(19-17-29)26-13-7-5-11-24(26)28/h4-7,10-13,20-21H,2-3,8-9,14-19H2,1H3,(H,32,33). The minimum absolute atomic E-state index is 0.444. The lowest BCUT2D eigenvalue weighted by Gasteiger charge is -2.36. The van der Waals surface area contributed by atoms with Crippen LogP contribution < -0.4 is 4.90 Å². The normalized spacial score (nSPS) is 15.8. The number of carboxylic acids is 1. The summed E-state index contributed by atoms with van der Waals surface area (Å²) in [6.07, 6.45) is 6.13. The molecule has 1 aliphatic rings. The fourth-order valence-corrected chi connectivity index (χ4v) is 5.24. The topological polar surface area (TPSA) is 48.7 Å². The summed E-state index contributed by atoms with van der Waals surface area (Å²) in [5.41, 5.74) is 3.23. The highest BCUT2D eigenvalue weighted by Crippen LogP contribution is 2.30. The molecule has 2 heterocycles. The predicted molar refractivity (Wildman–Crippen MR) is 137 cm³/mol. The van der Waals surface area contributed by atoms with Gasteiger partial charge in [-0.05, 0) is 49.6 Å². The maximum Gasteiger partial charge on any atom is 0.311 e. The zero-order valence-corrected chi connectivity index (χ0v) is 20.2. The maximum atomic E-state index is 11.7. The molecule has 2 aromatic carbocycles. The van der Waals surface area contributed by atoms with Crippen molar-refractivity contribution in [2.45, 2.75) is 45.1 Å². The summed E-state index contributed by atoms with van der Waals surface area (Å²) < 4.78 is 2.25. The first kappa shape index (κ1) is 23.7.